The fourth-order valence-corrected chi connectivity index (χ4v) is 2.78. The lowest BCUT2D eigenvalue weighted by Crippen LogP contribution is -1.88. The average Bonchev–Trinajstić information content (AvgIpc) is 2.33. The van der Waals surface area contributed by atoms with Crippen molar-refractivity contribution in [2.45, 2.75) is 34.5 Å². The summed E-state index contributed by atoms with van der Waals surface area (Å²) in [6.07, 6.45) is 0. The van der Waals surface area contributed by atoms with E-state index in [9.17, 15) is 0 Å². The van der Waals surface area contributed by atoms with Gasteiger partial charge in [0.15, 0.2) is 0 Å². The highest BCUT2D eigenvalue weighted by atomic mass is 32.2. The molecule has 0 N–H and O–H groups in total. The molecule has 0 saturated heterocycles. The Bertz CT molecular complexity index is 490. The van der Waals surface area contributed by atoms with Crippen molar-refractivity contribution in [3.63, 3.8) is 0 Å². The summed E-state index contributed by atoms with van der Waals surface area (Å²) in [6, 6.07) is 16.9. The van der Waals surface area contributed by atoms with E-state index < -0.39 is 0 Å². The zero-order valence-corrected chi connectivity index (χ0v) is 11.8. The second-order valence-electron chi connectivity index (χ2n) is 4.30. The third kappa shape index (κ3) is 3.30. The molecule has 17 heavy (non-hydrogen) atoms. The summed E-state index contributed by atoms with van der Waals surface area (Å²) < 4.78 is 0. The van der Waals surface area contributed by atoms with Crippen molar-refractivity contribution in [2.75, 3.05) is 0 Å². The summed E-state index contributed by atoms with van der Waals surface area (Å²) >= 11 is 6.29. The van der Waals surface area contributed by atoms with Gasteiger partial charge in [0.1, 0.15) is 0 Å². The molecule has 2 rings (SSSR count). The molecule has 2 aromatic rings. The van der Waals surface area contributed by atoms with E-state index in [1.165, 1.54) is 15.4 Å². The maximum absolute atomic E-state index is 4.52. The van der Waals surface area contributed by atoms with Crippen LogP contribution in [0.4, 0.5) is 0 Å². The number of hydrogen-bond donors (Lipinski definition) is 1. The predicted octanol–water partition coefficient (Wildman–Crippen LogP) is 5.25. The maximum atomic E-state index is 4.52. The Morgan fingerprint density at radius 2 is 1.71 bits per heavy atom. The Hall–Kier alpha value is -0.860. The van der Waals surface area contributed by atoms with Gasteiger partial charge in [-0.2, -0.15) is 0 Å². The van der Waals surface area contributed by atoms with E-state index in [2.05, 4.69) is 68.9 Å². The molecule has 0 aliphatic carbocycles. The molecule has 0 bridgehead atoms. The van der Waals surface area contributed by atoms with Gasteiger partial charge in [-0.05, 0) is 35.7 Å². The lowest BCUT2D eigenvalue weighted by atomic mass is 10.0. The van der Waals surface area contributed by atoms with Gasteiger partial charge >= 0.3 is 0 Å². The first-order valence-corrected chi connectivity index (χ1v) is 6.99. The van der Waals surface area contributed by atoms with Gasteiger partial charge in [0.25, 0.3) is 0 Å². The molecule has 0 amide bonds. The zero-order chi connectivity index (χ0) is 12.3. The number of benzene rings is 2. The van der Waals surface area contributed by atoms with Crippen LogP contribution in [0.5, 0.6) is 0 Å². The van der Waals surface area contributed by atoms with Gasteiger partial charge < -0.3 is 0 Å². The van der Waals surface area contributed by atoms with Crippen molar-refractivity contribution in [3.05, 3.63) is 54.1 Å². The summed E-state index contributed by atoms with van der Waals surface area (Å²) in [5.74, 6) is 0.555. The first kappa shape index (κ1) is 12.6. The van der Waals surface area contributed by atoms with Crippen LogP contribution < -0.4 is 0 Å². The second kappa shape index (κ2) is 5.65. The number of rotatable bonds is 3. The molecule has 0 atom stereocenters. The number of hydrogen-bond acceptors (Lipinski definition) is 2. The van der Waals surface area contributed by atoms with E-state index in [1.54, 1.807) is 11.8 Å². The molecule has 2 aromatic carbocycles. The van der Waals surface area contributed by atoms with E-state index >= 15 is 0 Å². The molecular formula is C15H16S2. The standard InChI is InChI=1S/C15H16S2/c1-11(2)12-8-9-14(16)15(10-12)17-13-6-4-3-5-7-13/h3-11,16H,1-2H3. The largest absolute Gasteiger partial charge is 0.142 e. The van der Waals surface area contributed by atoms with Crippen LogP contribution in [0.15, 0.2) is 63.2 Å². The third-order valence-electron chi connectivity index (χ3n) is 2.62. The monoisotopic (exact) mass is 260 g/mol. The first-order chi connectivity index (χ1) is 8.16. The van der Waals surface area contributed by atoms with Gasteiger partial charge in [-0.15, -0.1) is 12.6 Å². The molecule has 0 aliphatic heterocycles. The van der Waals surface area contributed by atoms with Gasteiger partial charge in [-0.25, -0.2) is 0 Å². The van der Waals surface area contributed by atoms with Crippen molar-refractivity contribution in [3.8, 4) is 0 Å². The Morgan fingerprint density at radius 3 is 2.35 bits per heavy atom. The van der Waals surface area contributed by atoms with Crippen molar-refractivity contribution in [1.29, 1.82) is 0 Å². The van der Waals surface area contributed by atoms with Crippen molar-refractivity contribution in [2.24, 2.45) is 0 Å². The summed E-state index contributed by atoms with van der Waals surface area (Å²) in [7, 11) is 0. The highest BCUT2D eigenvalue weighted by Crippen LogP contribution is 2.34. The van der Waals surface area contributed by atoms with Gasteiger partial charge in [0.2, 0.25) is 0 Å². The van der Waals surface area contributed by atoms with Crippen LogP contribution in [0.2, 0.25) is 0 Å². The van der Waals surface area contributed by atoms with E-state index in [-0.39, 0.29) is 0 Å². The first-order valence-electron chi connectivity index (χ1n) is 5.72. The van der Waals surface area contributed by atoms with Crippen molar-refractivity contribution >= 4 is 24.4 Å². The summed E-state index contributed by atoms with van der Waals surface area (Å²) in [5, 5.41) is 0. The molecule has 0 heterocycles. The quantitative estimate of drug-likeness (QED) is 0.735. The third-order valence-corrected chi connectivity index (χ3v) is 4.23. The molecule has 0 aliphatic rings. The van der Waals surface area contributed by atoms with Gasteiger partial charge in [0, 0.05) is 14.7 Å². The smallest absolute Gasteiger partial charge is 0.0258 e. The molecule has 0 unspecified atom stereocenters. The second-order valence-corrected chi connectivity index (χ2v) is 5.89. The summed E-state index contributed by atoms with van der Waals surface area (Å²) in [5.41, 5.74) is 1.36. The minimum absolute atomic E-state index is 0.555. The molecule has 0 radical (unpaired) electrons. The fourth-order valence-electron chi connectivity index (χ4n) is 1.59. The topological polar surface area (TPSA) is 0 Å². The lowest BCUT2D eigenvalue weighted by molar-refractivity contribution is 0.858. The van der Waals surface area contributed by atoms with Crippen LogP contribution in [0.3, 0.4) is 0 Å². The average molecular weight is 260 g/mol. The Morgan fingerprint density at radius 1 is 1.00 bits per heavy atom. The summed E-state index contributed by atoms with van der Waals surface area (Å²) in [6.45, 7) is 4.43. The normalized spacial score (nSPS) is 10.8. The van der Waals surface area contributed by atoms with Gasteiger partial charge in [-0.3, -0.25) is 0 Å². The molecular weight excluding hydrogens is 244 g/mol. The fraction of sp³-hybridized carbons (Fsp3) is 0.200. The van der Waals surface area contributed by atoms with Crippen molar-refractivity contribution < 1.29 is 0 Å². The number of thiol groups is 1. The molecule has 0 spiro atoms. The molecule has 88 valence electrons. The predicted molar refractivity (Wildman–Crippen MR) is 78.3 cm³/mol. The lowest BCUT2D eigenvalue weighted by Gasteiger charge is -2.10. The molecule has 0 aromatic heterocycles. The molecule has 0 nitrogen and oxygen atoms in total. The molecule has 0 saturated carbocycles. The molecule has 2 heteroatoms. The van der Waals surface area contributed by atoms with Crippen LogP contribution in [-0.4, -0.2) is 0 Å². The van der Waals surface area contributed by atoms with Crippen LogP contribution in [0.25, 0.3) is 0 Å². The van der Waals surface area contributed by atoms with Gasteiger partial charge in [-0.1, -0.05) is 49.9 Å². The highest BCUT2D eigenvalue weighted by molar-refractivity contribution is 7.99. The Labute approximate surface area is 113 Å². The van der Waals surface area contributed by atoms with Crippen LogP contribution in [0.1, 0.15) is 25.3 Å². The van der Waals surface area contributed by atoms with E-state index in [0.29, 0.717) is 5.92 Å². The van der Waals surface area contributed by atoms with Crippen LogP contribution in [0, 0.1) is 0 Å². The maximum Gasteiger partial charge on any atom is 0.0258 e. The van der Waals surface area contributed by atoms with E-state index in [4.69, 9.17) is 0 Å². The minimum Gasteiger partial charge on any atom is -0.142 e. The van der Waals surface area contributed by atoms with Crippen LogP contribution >= 0.6 is 24.4 Å². The van der Waals surface area contributed by atoms with Crippen molar-refractivity contribution in [1.82, 2.24) is 0 Å². The highest BCUT2D eigenvalue weighted by Gasteiger charge is 2.05. The summed E-state index contributed by atoms with van der Waals surface area (Å²) in [4.78, 5) is 3.53. The van der Waals surface area contributed by atoms with Gasteiger partial charge in [0.05, 0.1) is 0 Å². The Kier molecular flexibility index (Phi) is 4.19. The minimum atomic E-state index is 0.555. The SMILES string of the molecule is CC(C)c1ccc(S)c(Sc2ccccc2)c1. The molecule has 0 fully saturated rings. The van der Waals surface area contributed by atoms with E-state index in [0.717, 1.165) is 4.90 Å². The zero-order valence-electron chi connectivity index (χ0n) is 10.1. The van der Waals surface area contributed by atoms with E-state index in [1.807, 2.05) is 6.07 Å². The Balaban J connectivity index is 2.29. The van der Waals surface area contributed by atoms with Crippen LogP contribution in [-0.2, 0) is 0 Å².